The first-order valence-electron chi connectivity index (χ1n) is 4.47. The molecule has 2 aromatic rings. The van der Waals surface area contributed by atoms with Gasteiger partial charge in [0.05, 0.1) is 6.61 Å². The van der Waals surface area contributed by atoms with Crippen LogP contribution in [0, 0.1) is 5.82 Å². The Balaban J connectivity index is 2.23. The monoisotopic (exact) mass is 207 g/mol. The molecule has 0 aliphatic heterocycles. The van der Waals surface area contributed by atoms with E-state index in [0.717, 1.165) is 0 Å². The van der Waals surface area contributed by atoms with E-state index in [0.29, 0.717) is 17.6 Å². The fourth-order valence-electron chi connectivity index (χ4n) is 1.40. The topological polar surface area (TPSA) is 39.4 Å². The van der Waals surface area contributed by atoms with E-state index in [2.05, 4.69) is 4.74 Å². The summed E-state index contributed by atoms with van der Waals surface area (Å²) in [6, 6.07) is 6.45. The van der Waals surface area contributed by atoms with Gasteiger partial charge >= 0.3 is 6.47 Å². The highest BCUT2D eigenvalue weighted by Gasteiger charge is 2.07. The van der Waals surface area contributed by atoms with E-state index in [1.807, 2.05) is 0 Å². The molecule has 1 aromatic carbocycles. The van der Waals surface area contributed by atoms with Crippen molar-refractivity contribution in [2.45, 2.75) is 6.42 Å². The Morgan fingerprint density at radius 3 is 3.07 bits per heavy atom. The molecule has 1 aromatic heterocycles. The molecule has 0 saturated carbocycles. The van der Waals surface area contributed by atoms with E-state index in [9.17, 15) is 9.18 Å². The van der Waals surface area contributed by atoms with Gasteiger partial charge in [0.2, 0.25) is 0 Å². The number of rotatable bonds is 4. The van der Waals surface area contributed by atoms with Crippen LogP contribution in [0.2, 0.25) is 0 Å². The zero-order valence-electron chi connectivity index (χ0n) is 7.83. The van der Waals surface area contributed by atoms with Gasteiger partial charge < -0.3 is 9.15 Å². The van der Waals surface area contributed by atoms with Gasteiger partial charge in [-0.05, 0) is 12.1 Å². The van der Waals surface area contributed by atoms with Crippen molar-refractivity contribution >= 4 is 17.4 Å². The van der Waals surface area contributed by atoms with Crippen LogP contribution >= 0.6 is 0 Å². The van der Waals surface area contributed by atoms with Gasteiger partial charge in [0.15, 0.2) is 11.4 Å². The van der Waals surface area contributed by atoms with Crippen LogP contribution < -0.4 is 0 Å². The molecule has 1 heterocycles. The first-order chi connectivity index (χ1) is 7.31. The van der Waals surface area contributed by atoms with Gasteiger partial charge in [-0.25, -0.2) is 9.18 Å². The first kappa shape index (κ1) is 9.71. The van der Waals surface area contributed by atoms with Crippen LogP contribution in [0.25, 0.3) is 11.0 Å². The van der Waals surface area contributed by atoms with Gasteiger partial charge in [-0.3, -0.25) is 0 Å². The van der Waals surface area contributed by atoms with Gasteiger partial charge in [-0.1, -0.05) is 12.1 Å². The molecule has 0 aliphatic rings. The summed E-state index contributed by atoms with van der Waals surface area (Å²) in [4.78, 5) is 9.78. The molecule has 0 N–H and O–H groups in total. The summed E-state index contributed by atoms with van der Waals surface area (Å²) < 4.78 is 22.9. The molecule has 0 unspecified atom stereocenters. The van der Waals surface area contributed by atoms with Gasteiger partial charge in [-0.2, -0.15) is 0 Å². The number of ether oxygens (including phenoxy) is 1. The number of para-hydroxylation sites is 1. The molecule has 0 atom stereocenters. The normalized spacial score (nSPS) is 10.5. The zero-order valence-corrected chi connectivity index (χ0v) is 7.83. The first-order valence-corrected chi connectivity index (χ1v) is 4.47. The highest BCUT2D eigenvalue weighted by molar-refractivity contribution is 5.78. The fourth-order valence-corrected chi connectivity index (χ4v) is 1.40. The second-order valence-corrected chi connectivity index (χ2v) is 3.05. The lowest BCUT2D eigenvalue weighted by molar-refractivity contribution is 0.274. The molecule has 0 saturated heterocycles. The molecule has 15 heavy (non-hydrogen) atoms. The smallest absolute Gasteiger partial charge is 0.417 e. The minimum absolute atomic E-state index is 0.185. The van der Waals surface area contributed by atoms with Gasteiger partial charge in [0.25, 0.3) is 0 Å². The van der Waals surface area contributed by atoms with Gasteiger partial charge in [0.1, 0.15) is 5.76 Å². The molecule has 0 spiro atoms. The van der Waals surface area contributed by atoms with Crippen molar-refractivity contribution in [2.75, 3.05) is 6.61 Å². The van der Waals surface area contributed by atoms with Crippen molar-refractivity contribution < 1.29 is 18.3 Å². The molecular weight excluding hydrogens is 199 g/mol. The van der Waals surface area contributed by atoms with Crippen LogP contribution in [-0.2, 0) is 16.0 Å². The lowest BCUT2D eigenvalue weighted by Gasteiger charge is -1.93. The van der Waals surface area contributed by atoms with Crippen molar-refractivity contribution in [3.8, 4) is 0 Å². The van der Waals surface area contributed by atoms with Crippen LogP contribution in [-0.4, -0.2) is 13.1 Å². The maximum Gasteiger partial charge on any atom is 0.417 e. The van der Waals surface area contributed by atoms with E-state index in [1.165, 1.54) is 12.5 Å². The van der Waals surface area contributed by atoms with Gasteiger partial charge in [-0.15, -0.1) is 0 Å². The van der Waals surface area contributed by atoms with E-state index in [4.69, 9.17) is 4.42 Å². The average Bonchev–Trinajstić information content (AvgIpc) is 2.63. The Kier molecular flexibility index (Phi) is 2.67. The van der Waals surface area contributed by atoms with Crippen molar-refractivity contribution in [1.82, 2.24) is 0 Å². The Labute approximate surface area is 85.4 Å². The molecule has 4 heteroatoms. The number of fused-ring (bicyclic) bond motifs is 1. The Bertz CT molecular complexity index is 476. The number of carbonyl (C=O) groups excluding carboxylic acids is 1. The second-order valence-electron chi connectivity index (χ2n) is 3.05. The van der Waals surface area contributed by atoms with E-state index < -0.39 is 0 Å². The summed E-state index contributed by atoms with van der Waals surface area (Å²) in [6.07, 6.45) is 0.420. The zero-order chi connectivity index (χ0) is 10.7. The summed E-state index contributed by atoms with van der Waals surface area (Å²) in [7, 11) is 0. The molecule has 2 rings (SSSR count). The highest BCUT2D eigenvalue weighted by Crippen LogP contribution is 2.22. The molecule has 1 radical (unpaired) electrons. The SMILES string of the molecule is O=[C]OCCc1cc2cccc(F)c2o1. The van der Waals surface area contributed by atoms with Crippen molar-refractivity contribution in [1.29, 1.82) is 0 Å². The second kappa shape index (κ2) is 4.13. The summed E-state index contributed by atoms with van der Waals surface area (Å²) >= 11 is 0. The summed E-state index contributed by atoms with van der Waals surface area (Å²) in [5.41, 5.74) is 0.239. The predicted molar refractivity (Wildman–Crippen MR) is 51.5 cm³/mol. The van der Waals surface area contributed by atoms with Crippen LogP contribution in [0.4, 0.5) is 4.39 Å². The number of hydrogen-bond acceptors (Lipinski definition) is 3. The molecular formula is C11H8FO3. The molecule has 0 aliphatic carbocycles. The summed E-state index contributed by atoms with van der Waals surface area (Å²) in [6.45, 7) is 1.50. The molecule has 0 bridgehead atoms. The third kappa shape index (κ3) is 1.98. The van der Waals surface area contributed by atoms with Crippen LogP contribution in [0.1, 0.15) is 5.76 Å². The third-order valence-corrected chi connectivity index (χ3v) is 2.06. The van der Waals surface area contributed by atoms with Crippen LogP contribution in [0.5, 0.6) is 0 Å². The predicted octanol–water partition coefficient (Wildman–Crippen LogP) is 2.20. The number of halogens is 1. The summed E-state index contributed by atoms with van der Waals surface area (Å²) in [5.74, 6) is 0.201. The van der Waals surface area contributed by atoms with E-state index in [-0.39, 0.29) is 18.0 Å². The largest absolute Gasteiger partial charge is 0.458 e. The lowest BCUT2D eigenvalue weighted by atomic mass is 10.2. The summed E-state index contributed by atoms with van der Waals surface area (Å²) in [5, 5.41) is 0.708. The number of benzene rings is 1. The molecule has 3 nitrogen and oxygen atoms in total. The maximum atomic E-state index is 13.2. The van der Waals surface area contributed by atoms with Crippen molar-refractivity contribution in [3.63, 3.8) is 0 Å². The Hall–Kier alpha value is -1.84. The third-order valence-electron chi connectivity index (χ3n) is 2.06. The average molecular weight is 207 g/mol. The van der Waals surface area contributed by atoms with E-state index in [1.54, 1.807) is 18.2 Å². The fraction of sp³-hybridized carbons (Fsp3) is 0.182. The van der Waals surface area contributed by atoms with Crippen LogP contribution in [0.3, 0.4) is 0 Å². The van der Waals surface area contributed by atoms with Crippen molar-refractivity contribution in [2.24, 2.45) is 0 Å². The number of furan rings is 1. The van der Waals surface area contributed by atoms with Crippen molar-refractivity contribution in [3.05, 3.63) is 35.8 Å². The quantitative estimate of drug-likeness (QED) is 0.721. The Morgan fingerprint density at radius 1 is 1.47 bits per heavy atom. The highest BCUT2D eigenvalue weighted by atomic mass is 19.1. The number of hydrogen-bond donors (Lipinski definition) is 0. The standard InChI is InChI=1S/C11H8FO3/c12-10-3-1-2-8-6-9(15-11(8)10)4-5-14-7-13/h1-3,6H,4-5H2. The minimum atomic E-state index is -0.387. The molecule has 77 valence electrons. The van der Waals surface area contributed by atoms with E-state index >= 15 is 0 Å². The molecule has 0 amide bonds. The Morgan fingerprint density at radius 2 is 2.33 bits per heavy atom. The van der Waals surface area contributed by atoms with Crippen LogP contribution in [0.15, 0.2) is 28.7 Å². The maximum absolute atomic E-state index is 13.2. The minimum Gasteiger partial charge on any atom is -0.458 e. The van der Waals surface area contributed by atoms with Gasteiger partial charge in [0, 0.05) is 11.8 Å². The lowest BCUT2D eigenvalue weighted by Crippen LogP contribution is -1.94. The molecule has 0 fully saturated rings.